The number of nitrogens with one attached hydrogen (secondary N) is 4. The lowest BCUT2D eigenvalue weighted by atomic mass is 10.0. The molecule has 5 rings (SSSR count). The second-order valence-corrected chi connectivity index (χ2v) is 10.6. The molecule has 0 aromatic heterocycles. The average molecular weight is 645 g/mol. The van der Waals surface area contributed by atoms with Crippen molar-refractivity contribution >= 4 is 46.3 Å². The molecule has 1 aliphatic carbocycles. The van der Waals surface area contributed by atoms with Crippen molar-refractivity contribution in [2.75, 3.05) is 27.8 Å². The number of carbonyl (C=O) groups excluding carboxylic acids is 4. The Kier molecular flexibility index (Phi) is 15.1. The maximum atomic E-state index is 12.9. The van der Waals surface area contributed by atoms with Crippen LogP contribution in [0, 0.1) is 0 Å². The van der Waals surface area contributed by atoms with Crippen LogP contribution in [0.25, 0.3) is 0 Å². The van der Waals surface area contributed by atoms with Gasteiger partial charge in [-0.15, -0.1) is 0 Å². The van der Waals surface area contributed by atoms with Gasteiger partial charge in [-0.3, -0.25) is 19.2 Å². The Morgan fingerprint density at radius 3 is 1.52 bits per heavy atom. The van der Waals surface area contributed by atoms with Gasteiger partial charge in [0.1, 0.15) is 0 Å². The molecule has 48 heavy (non-hydrogen) atoms. The molecular formula is C40H44N4O4. The zero-order valence-electron chi connectivity index (χ0n) is 28.0. The molecule has 8 nitrogen and oxygen atoms in total. The lowest BCUT2D eigenvalue weighted by molar-refractivity contribution is -0.113. The minimum Gasteiger partial charge on any atom is -0.378 e. The molecule has 1 aliphatic rings. The van der Waals surface area contributed by atoms with E-state index >= 15 is 0 Å². The topological polar surface area (TPSA) is 116 Å². The van der Waals surface area contributed by atoms with Gasteiger partial charge in [0.15, 0.2) is 5.78 Å². The second kappa shape index (κ2) is 19.7. The Morgan fingerprint density at radius 2 is 1.04 bits per heavy atom. The van der Waals surface area contributed by atoms with Gasteiger partial charge < -0.3 is 21.3 Å². The first-order valence-electron chi connectivity index (χ1n) is 16.3. The first-order valence-corrected chi connectivity index (χ1v) is 16.3. The van der Waals surface area contributed by atoms with E-state index in [0.29, 0.717) is 40.2 Å². The van der Waals surface area contributed by atoms with Crippen molar-refractivity contribution in [1.82, 2.24) is 0 Å². The summed E-state index contributed by atoms with van der Waals surface area (Å²) in [4.78, 5) is 50.5. The molecule has 4 aromatic carbocycles. The van der Waals surface area contributed by atoms with E-state index in [1.807, 2.05) is 50.3 Å². The molecule has 0 unspecified atom stereocenters. The predicted octanol–water partition coefficient (Wildman–Crippen LogP) is 9.14. The van der Waals surface area contributed by atoms with Crippen LogP contribution in [0.1, 0.15) is 78.0 Å². The Morgan fingerprint density at radius 1 is 0.583 bits per heavy atom. The van der Waals surface area contributed by atoms with E-state index in [1.165, 1.54) is 12.5 Å². The van der Waals surface area contributed by atoms with Crippen LogP contribution >= 0.6 is 0 Å². The summed E-state index contributed by atoms with van der Waals surface area (Å²) >= 11 is 0. The number of rotatable bonds is 10. The average Bonchev–Trinajstić information content (AvgIpc) is 3.14. The van der Waals surface area contributed by atoms with E-state index in [0.717, 1.165) is 17.7 Å². The van der Waals surface area contributed by atoms with Crippen LogP contribution in [-0.4, -0.2) is 30.0 Å². The maximum absolute atomic E-state index is 12.9. The number of hydrogen-bond donors (Lipinski definition) is 4. The van der Waals surface area contributed by atoms with E-state index in [4.69, 9.17) is 0 Å². The molecule has 3 amide bonds. The molecule has 0 saturated heterocycles. The molecule has 0 fully saturated rings. The van der Waals surface area contributed by atoms with Gasteiger partial charge in [0.25, 0.3) is 17.7 Å². The highest BCUT2D eigenvalue weighted by atomic mass is 16.2. The van der Waals surface area contributed by atoms with Crippen LogP contribution in [0.5, 0.6) is 0 Å². The van der Waals surface area contributed by atoms with Gasteiger partial charge in [-0.1, -0.05) is 88.7 Å². The van der Waals surface area contributed by atoms with E-state index in [-0.39, 0.29) is 30.0 Å². The number of Topliss-reactive ketones (excluding diaryl/α,β-unsaturated/α-hetero) is 1. The van der Waals surface area contributed by atoms with Crippen molar-refractivity contribution < 1.29 is 19.2 Å². The zero-order valence-corrected chi connectivity index (χ0v) is 28.0. The van der Waals surface area contributed by atoms with Gasteiger partial charge in [0, 0.05) is 45.0 Å². The smallest absolute Gasteiger partial charge is 0.255 e. The van der Waals surface area contributed by atoms with E-state index in [9.17, 15) is 19.2 Å². The molecule has 8 heteroatoms. The fourth-order valence-electron chi connectivity index (χ4n) is 4.43. The fourth-order valence-corrected chi connectivity index (χ4v) is 4.43. The summed E-state index contributed by atoms with van der Waals surface area (Å²) in [7, 11) is 0. The molecule has 0 aliphatic heterocycles. The number of benzene rings is 4. The van der Waals surface area contributed by atoms with Gasteiger partial charge >= 0.3 is 0 Å². The monoisotopic (exact) mass is 644 g/mol. The normalized spacial score (nSPS) is 11.3. The SMILES string of the molecule is CC.CCC.O=C(Nc1ccc(NC(=O)c2cccc(C(=O)Nc3ccc(NCC(=O)c4ccccc4)cc3)c2)cc1)C1=CC=CCC1. The van der Waals surface area contributed by atoms with Crippen LogP contribution in [0.2, 0.25) is 0 Å². The number of amides is 3. The van der Waals surface area contributed by atoms with Crippen molar-refractivity contribution in [1.29, 1.82) is 0 Å². The fraction of sp³-hybridized carbons (Fsp3) is 0.200. The van der Waals surface area contributed by atoms with Crippen molar-refractivity contribution in [3.8, 4) is 0 Å². The third-order valence-electron chi connectivity index (χ3n) is 6.78. The highest BCUT2D eigenvalue weighted by molar-refractivity contribution is 6.09. The summed E-state index contributed by atoms with van der Waals surface area (Å²) in [6.45, 7) is 8.40. The third-order valence-corrected chi connectivity index (χ3v) is 6.78. The molecule has 0 heterocycles. The summed E-state index contributed by atoms with van der Waals surface area (Å²) in [6.07, 6.45) is 8.51. The summed E-state index contributed by atoms with van der Waals surface area (Å²) in [6, 6.07) is 29.4. The van der Waals surface area contributed by atoms with Gasteiger partial charge in [0.05, 0.1) is 6.54 Å². The number of carbonyl (C=O) groups is 4. The van der Waals surface area contributed by atoms with Gasteiger partial charge in [0.2, 0.25) is 0 Å². The van der Waals surface area contributed by atoms with E-state index in [2.05, 4.69) is 35.1 Å². The quantitative estimate of drug-likeness (QED) is 0.129. The van der Waals surface area contributed by atoms with Crippen LogP contribution in [-0.2, 0) is 4.79 Å². The molecule has 248 valence electrons. The Labute approximate surface area is 283 Å². The van der Waals surface area contributed by atoms with Crippen molar-refractivity contribution in [2.45, 2.75) is 47.0 Å². The van der Waals surface area contributed by atoms with Crippen LogP contribution in [0.4, 0.5) is 22.7 Å². The van der Waals surface area contributed by atoms with Crippen LogP contribution in [0.3, 0.4) is 0 Å². The predicted molar refractivity (Wildman–Crippen MR) is 197 cm³/mol. The Balaban J connectivity index is 0.00000118. The second-order valence-electron chi connectivity index (χ2n) is 10.6. The van der Waals surface area contributed by atoms with E-state index in [1.54, 1.807) is 78.9 Å². The van der Waals surface area contributed by atoms with Crippen LogP contribution in [0.15, 0.2) is 127 Å². The molecule has 0 radical (unpaired) electrons. The van der Waals surface area contributed by atoms with Crippen molar-refractivity contribution in [3.63, 3.8) is 0 Å². The molecule has 0 bridgehead atoms. The minimum absolute atomic E-state index is 0.0200. The molecule has 0 saturated carbocycles. The summed E-state index contributed by atoms with van der Waals surface area (Å²) in [5, 5.41) is 11.6. The zero-order chi connectivity index (χ0) is 34.7. The lowest BCUT2D eigenvalue weighted by Gasteiger charge is -2.11. The molecule has 0 spiro atoms. The number of allylic oxidation sites excluding steroid dienone is 3. The Bertz CT molecular complexity index is 1710. The van der Waals surface area contributed by atoms with Crippen molar-refractivity contribution in [2.24, 2.45) is 0 Å². The van der Waals surface area contributed by atoms with Gasteiger partial charge in [-0.25, -0.2) is 0 Å². The lowest BCUT2D eigenvalue weighted by Crippen LogP contribution is -2.16. The summed E-state index contributed by atoms with van der Waals surface area (Å²) in [5.74, 6) is -0.892. The first-order chi connectivity index (χ1) is 23.4. The minimum atomic E-state index is -0.369. The number of ketones is 1. The molecular weight excluding hydrogens is 600 g/mol. The highest BCUT2D eigenvalue weighted by Gasteiger charge is 2.13. The van der Waals surface area contributed by atoms with Gasteiger partial charge in [-0.2, -0.15) is 0 Å². The standard InChI is InChI=1S/C35H30N4O4.C3H8.C2H6/c40-32(24-8-3-1-4-9-24)23-36-28-14-16-29(17-15-28)38-34(42)26-12-7-13-27(22-26)35(43)39-31-20-18-30(19-21-31)37-33(41)25-10-5-2-6-11-25;1-3-2;1-2/h1-5,7-10,12-22,36H,6,11,23H2,(H,37,41)(H,38,42)(H,39,43);3H2,1-2H3;1-2H3. The maximum Gasteiger partial charge on any atom is 0.255 e. The summed E-state index contributed by atoms with van der Waals surface area (Å²) < 4.78 is 0. The molecule has 0 atom stereocenters. The first kappa shape index (κ1) is 36.7. The van der Waals surface area contributed by atoms with Crippen LogP contribution < -0.4 is 21.3 Å². The highest BCUT2D eigenvalue weighted by Crippen LogP contribution is 2.19. The van der Waals surface area contributed by atoms with Crippen molar-refractivity contribution in [3.05, 3.63) is 144 Å². The summed E-state index contributed by atoms with van der Waals surface area (Å²) in [5.41, 5.74) is 4.51. The van der Waals surface area contributed by atoms with E-state index < -0.39 is 0 Å². The molecule has 4 aromatic rings. The molecule has 4 N–H and O–H groups in total. The Hall–Kier alpha value is -5.76. The number of hydrogen-bond acceptors (Lipinski definition) is 5. The largest absolute Gasteiger partial charge is 0.378 e. The van der Waals surface area contributed by atoms with Gasteiger partial charge in [-0.05, 0) is 79.6 Å². The third kappa shape index (κ3) is 11.6. The number of anilines is 4.